The zero-order chi connectivity index (χ0) is 48.6. The number of carbonyl (C=O) groups is 2. The summed E-state index contributed by atoms with van der Waals surface area (Å²) < 4.78 is 283. The Bertz CT molecular complexity index is 1950. The fourth-order valence-electron chi connectivity index (χ4n) is 4.72. The highest BCUT2D eigenvalue weighted by Crippen LogP contribution is 2.65. The number of rotatable bonds is 17. The first-order valence-electron chi connectivity index (χ1n) is 17.1. The molecule has 1 amide bonds. The predicted molar refractivity (Wildman–Crippen MR) is 179 cm³/mol. The quantitative estimate of drug-likeness (QED) is 0.0743. The van der Waals surface area contributed by atoms with Gasteiger partial charge in [0.15, 0.2) is 5.60 Å². The van der Waals surface area contributed by atoms with Crippen molar-refractivity contribution in [3.05, 3.63) is 71.0 Å². The summed E-state index contributed by atoms with van der Waals surface area (Å²) in [6.45, 7) is 7.96. The molecule has 1 atom stereocenters. The number of esters is 1. The van der Waals surface area contributed by atoms with Crippen molar-refractivity contribution in [1.29, 1.82) is 0 Å². The molecule has 2 aromatic carbocycles. The highest BCUT2D eigenvalue weighted by molar-refractivity contribution is 6.83. The van der Waals surface area contributed by atoms with Crippen molar-refractivity contribution in [3.8, 4) is 11.5 Å². The largest absolute Gasteiger partial charge is 0.460 e. The Morgan fingerprint density at radius 2 is 1.02 bits per heavy atom. The van der Waals surface area contributed by atoms with Crippen LogP contribution in [0.1, 0.15) is 37.0 Å². The maximum atomic E-state index is 14.4. The maximum absolute atomic E-state index is 14.4. The third-order valence-corrected chi connectivity index (χ3v) is 9.20. The first-order chi connectivity index (χ1) is 27.5. The molecule has 5 nitrogen and oxygen atoms in total. The van der Waals surface area contributed by atoms with Gasteiger partial charge in [-0.1, -0.05) is 62.0 Å². The molecule has 62 heavy (non-hydrogen) atoms. The lowest BCUT2D eigenvalue weighted by atomic mass is 9.86. The Morgan fingerprint density at radius 3 is 1.45 bits per heavy atom. The van der Waals surface area contributed by atoms with Crippen LogP contribution in [0.2, 0.25) is 19.6 Å². The van der Waals surface area contributed by atoms with E-state index in [1.165, 1.54) is 26.0 Å². The normalized spacial score (nSPS) is 14.7. The summed E-state index contributed by atoms with van der Waals surface area (Å²) in [4.78, 5) is 25.8. The number of ether oxygens (including phenoxy) is 2. The van der Waals surface area contributed by atoms with Crippen molar-refractivity contribution in [1.82, 2.24) is 5.32 Å². The van der Waals surface area contributed by atoms with E-state index in [0.29, 0.717) is 5.56 Å². The van der Waals surface area contributed by atoms with Gasteiger partial charge in [-0.15, -0.1) is 5.54 Å². The Morgan fingerprint density at radius 1 is 0.613 bits per heavy atom. The lowest BCUT2D eigenvalue weighted by Gasteiger charge is -2.43. The molecule has 0 spiro atoms. The third-order valence-electron chi connectivity index (χ3n) is 8.33. The van der Waals surface area contributed by atoms with Gasteiger partial charge >= 0.3 is 65.6 Å². The van der Waals surface area contributed by atoms with E-state index < -0.39 is 116 Å². The molecule has 2 aromatic rings. The summed E-state index contributed by atoms with van der Waals surface area (Å²) in [5, 5.41) is 2.23. The van der Waals surface area contributed by atoms with Crippen LogP contribution < -0.4 is 5.32 Å². The number of benzene rings is 2. The summed E-state index contributed by atoms with van der Waals surface area (Å²) >= 11 is 0. The van der Waals surface area contributed by atoms with Crippen LogP contribution in [0.25, 0.3) is 0 Å². The van der Waals surface area contributed by atoms with Crippen LogP contribution in [0.3, 0.4) is 0 Å². The zero-order valence-electron chi connectivity index (χ0n) is 32.2. The van der Waals surface area contributed by atoms with E-state index in [1.807, 2.05) is 19.6 Å². The molecule has 0 saturated carbocycles. The number of halogens is 20. The maximum Gasteiger partial charge on any atom is 0.460 e. The highest BCUT2D eigenvalue weighted by Gasteiger charge is 2.96. The van der Waals surface area contributed by atoms with Crippen LogP contribution in [0.5, 0.6) is 0 Å². The molecule has 0 fully saturated rings. The van der Waals surface area contributed by atoms with Gasteiger partial charge < -0.3 is 14.8 Å². The number of hydrogen-bond acceptors (Lipinski definition) is 4. The third kappa shape index (κ3) is 11.0. The van der Waals surface area contributed by atoms with Gasteiger partial charge in [0.2, 0.25) is 0 Å². The van der Waals surface area contributed by atoms with Gasteiger partial charge in [-0.2, -0.15) is 83.4 Å². The first kappa shape index (κ1) is 53.7. The first-order valence-corrected chi connectivity index (χ1v) is 20.6. The lowest BCUT2D eigenvalue weighted by Crippen LogP contribution is -2.75. The fourth-order valence-corrected chi connectivity index (χ4v) is 5.40. The molecule has 0 bridgehead atoms. The Labute approximate surface area is 339 Å². The second-order valence-corrected chi connectivity index (χ2v) is 19.8. The number of amides is 1. The second-order valence-electron chi connectivity index (χ2n) is 15.1. The Kier molecular flexibility index (Phi) is 15.3. The van der Waals surface area contributed by atoms with E-state index in [2.05, 4.69) is 16.8 Å². The number of alkyl carbamates (subject to hydrolysis) is 1. The monoisotopic (exact) mass is 951 g/mol. The van der Waals surface area contributed by atoms with Crippen molar-refractivity contribution in [2.75, 3.05) is 0 Å². The smallest absolute Gasteiger partial charge is 0.445 e. The molecular weight excluding hydrogens is 918 g/mol. The molecule has 0 heterocycles. The molecule has 0 radical (unpaired) electrons. The lowest BCUT2D eigenvalue weighted by molar-refractivity contribution is -0.468. The SMILES string of the molecule is CC(C)(C#C[Si](C)(C)C)OC(=O)[C@H](Cc1ccc(F)cc1)NC(=O)OCc1ccc(CCC(F)(F)C(F)(F)C(F)(F)C(F)(F)C(F)(F)C(F)(F)C(F)(F)C(F)(F)C(F)(F)F)cc1. The Hall–Kier alpha value is -4.44. The zero-order valence-corrected chi connectivity index (χ0v) is 33.2. The Balaban J connectivity index is 2.23. The van der Waals surface area contributed by atoms with Crippen LogP contribution >= 0.6 is 0 Å². The molecule has 0 aliphatic heterocycles. The van der Waals surface area contributed by atoms with Gasteiger partial charge in [-0.3, -0.25) is 0 Å². The number of nitrogens with one attached hydrogen (secondary N) is 1. The average molecular weight is 952 g/mol. The van der Waals surface area contributed by atoms with Crippen LogP contribution in [0, 0.1) is 17.3 Å². The molecule has 1 N–H and O–H groups in total. The minimum Gasteiger partial charge on any atom is -0.445 e. The summed E-state index contributed by atoms with van der Waals surface area (Å²) in [6.07, 6.45) is -13.8. The minimum absolute atomic E-state index is 0.0522. The summed E-state index contributed by atoms with van der Waals surface area (Å²) in [7, 11) is -1.94. The van der Waals surface area contributed by atoms with Crippen molar-refractivity contribution in [3.63, 3.8) is 0 Å². The number of hydrogen-bond donors (Lipinski definition) is 1. The summed E-state index contributed by atoms with van der Waals surface area (Å²) in [5.74, 6) is -65.9. The van der Waals surface area contributed by atoms with Crippen LogP contribution in [-0.2, 0) is 33.7 Å². The number of carbonyl (C=O) groups excluding carboxylic acids is 2. The summed E-state index contributed by atoms with van der Waals surface area (Å²) in [6, 6.07) is 6.53. The standard InChI is InChI=1S/C36H33F20NO4Si/c1-27(2,16-17-62(3,4)5)61-25(58)24(18-21-10-12-23(37)13-11-21)57-26(59)60-19-22-8-6-20(7-9-22)14-15-28(38,39)29(40,41)30(42,43)31(44,45)32(46,47)33(48,49)34(50,51)35(52,53)36(54,55)56/h6-13,24H,14-15,18-19H2,1-5H3,(H,57,59)/t24-/m0/s1. The van der Waals surface area contributed by atoms with Gasteiger partial charge in [-0.05, 0) is 49.1 Å². The molecule has 0 unspecified atom stereocenters. The number of aryl methyl sites for hydroxylation is 1. The second kappa shape index (κ2) is 17.6. The fraction of sp³-hybridized carbons (Fsp3) is 0.556. The van der Waals surface area contributed by atoms with Crippen molar-refractivity contribution >= 4 is 20.1 Å². The number of alkyl halides is 19. The molecule has 26 heteroatoms. The summed E-state index contributed by atoms with van der Waals surface area (Å²) in [5.41, 5.74) is 1.38. The van der Waals surface area contributed by atoms with Crippen molar-refractivity contribution < 1.29 is 107 Å². The van der Waals surface area contributed by atoms with Gasteiger partial charge in [0, 0.05) is 12.8 Å². The van der Waals surface area contributed by atoms with E-state index in [4.69, 9.17) is 9.47 Å². The van der Waals surface area contributed by atoms with Crippen LogP contribution in [0.15, 0.2) is 48.5 Å². The van der Waals surface area contributed by atoms with Gasteiger partial charge in [0.1, 0.15) is 26.5 Å². The van der Waals surface area contributed by atoms with E-state index in [-0.39, 0.29) is 12.0 Å². The van der Waals surface area contributed by atoms with Crippen molar-refractivity contribution in [2.45, 2.75) is 125 Å². The molecular formula is C36H33F20NO4Si. The molecule has 0 aliphatic carbocycles. The molecule has 350 valence electrons. The molecule has 0 aromatic heterocycles. The topological polar surface area (TPSA) is 64.6 Å². The predicted octanol–water partition coefficient (Wildman–Crippen LogP) is 11.4. The van der Waals surface area contributed by atoms with E-state index >= 15 is 0 Å². The van der Waals surface area contributed by atoms with Gasteiger partial charge in [0.25, 0.3) is 0 Å². The van der Waals surface area contributed by atoms with E-state index in [1.54, 1.807) is 0 Å². The average Bonchev–Trinajstić information content (AvgIpc) is 3.12. The van der Waals surface area contributed by atoms with Crippen LogP contribution in [-0.4, -0.2) is 85.3 Å². The van der Waals surface area contributed by atoms with E-state index in [0.717, 1.165) is 36.4 Å². The molecule has 0 saturated heterocycles. The van der Waals surface area contributed by atoms with Crippen LogP contribution in [0.4, 0.5) is 92.6 Å². The minimum atomic E-state index is -9.00. The molecule has 2 rings (SSSR count). The van der Waals surface area contributed by atoms with E-state index in [9.17, 15) is 97.4 Å². The van der Waals surface area contributed by atoms with Gasteiger partial charge in [-0.25, -0.2) is 14.0 Å². The molecule has 0 aliphatic rings. The van der Waals surface area contributed by atoms with Gasteiger partial charge in [0.05, 0.1) is 0 Å². The highest BCUT2D eigenvalue weighted by atomic mass is 28.3. The van der Waals surface area contributed by atoms with Crippen molar-refractivity contribution in [2.24, 2.45) is 0 Å².